The Morgan fingerprint density at radius 3 is 2.62 bits per heavy atom. The monoisotopic (exact) mass is 466 g/mol. The van der Waals surface area contributed by atoms with Gasteiger partial charge in [0.25, 0.3) is 0 Å². The zero-order valence-electron chi connectivity index (χ0n) is 14.2. The predicted molar refractivity (Wildman–Crippen MR) is 109 cm³/mol. The molecule has 1 aliphatic rings. The van der Waals surface area contributed by atoms with Gasteiger partial charge < -0.3 is 11.1 Å². The largest absolute Gasteiger partial charge is 0.370 e. The third kappa shape index (κ3) is 6.21. The number of nitrogens with one attached hydrogen (secondary N) is 1. The molecule has 136 valence electrons. The van der Waals surface area contributed by atoms with Gasteiger partial charge in [0.15, 0.2) is 15.8 Å². The SMILES string of the molecule is CCN1CCCC1CNC(N)=NCc1ccc(S(C)(=O)=O)cc1.I. The smallest absolute Gasteiger partial charge is 0.188 e. The van der Waals surface area contributed by atoms with Gasteiger partial charge >= 0.3 is 0 Å². The number of nitrogens with two attached hydrogens (primary N) is 1. The number of rotatable bonds is 6. The van der Waals surface area contributed by atoms with Crippen LogP contribution in [-0.2, 0) is 16.4 Å². The first-order valence-corrected chi connectivity index (χ1v) is 9.86. The molecule has 0 amide bonds. The Kier molecular flexibility index (Phi) is 8.44. The van der Waals surface area contributed by atoms with Gasteiger partial charge in [-0.2, -0.15) is 0 Å². The number of nitrogens with zero attached hydrogens (tertiary/aromatic N) is 2. The number of benzene rings is 1. The van der Waals surface area contributed by atoms with E-state index in [1.54, 1.807) is 24.3 Å². The first-order valence-electron chi connectivity index (χ1n) is 7.97. The summed E-state index contributed by atoms with van der Waals surface area (Å²) in [6.07, 6.45) is 3.63. The summed E-state index contributed by atoms with van der Waals surface area (Å²) < 4.78 is 22.8. The van der Waals surface area contributed by atoms with E-state index < -0.39 is 9.84 Å². The van der Waals surface area contributed by atoms with Crippen molar-refractivity contribution < 1.29 is 8.42 Å². The summed E-state index contributed by atoms with van der Waals surface area (Å²) in [4.78, 5) is 7.08. The third-order valence-electron chi connectivity index (χ3n) is 4.21. The van der Waals surface area contributed by atoms with Gasteiger partial charge in [-0.1, -0.05) is 19.1 Å². The van der Waals surface area contributed by atoms with E-state index in [0.717, 1.165) is 25.2 Å². The zero-order valence-corrected chi connectivity index (χ0v) is 17.4. The van der Waals surface area contributed by atoms with Gasteiger partial charge in [0, 0.05) is 18.8 Å². The van der Waals surface area contributed by atoms with Crippen LogP contribution >= 0.6 is 24.0 Å². The van der Waals surface area contributed by atoms with Crippen molar-refractivity contribution in [3.63, 3.8) is 0 Å². The minimum Gasteiger partial charge on any atom is -0.370 e. The number of hydrogen-bond acceptors (Lipinski definition) is 4. The van der Waals surface area contributed by atoms with E-state index in [4.69, 9.17) is 5.73 Å². The first-order chi connectivity index (χ1) is 10.9. The van der Waals surface area contributed by atoms with Crippen molar-refractivity contribution in [1.29, 1.82) is 0 Å². The fourth-order valence-electron chi connectivity index (χ4n) is 2.84. The van der Waals surface area contributed by atoms with Crippen LogP contribution in [0.25, 0.3) is 0 Å². The Hall–Kier alpha value is -0.870. The molecule has 3 N–H and O–H groups in total. The van der Waals surface area contributed by atoms with Crippen LogP contribution in [0.5, 0.6) is 0 Å². The van der Waals surface area contributed by atoms with Crippen LogP contribution in [0.1, 0.15) is 25.3 Å². The number of hydrogen-bond donors (Lipinski definition) is 2. The lowest BCUT2D eigenvalue weighted by atomic mass is 10.2. The van der Waals surface area contributed by atoms with Crippen LogP contribution in [-0.4, -0.2) is 51.2 Å². The summed E-state index contributed by atoms with van der Waals surface area (Å²) >= 11 is 0. The van der Waals surface area contributed by atoms with Crippen molar-refractivity contribution in [2.75, 3.05) is 25.9 Å². The molecule has 6 nitrogen and oxygen atoms in total. The predicted octanol–water partition coefficient (Wildman–Crippen LogP) is 1.60. The highest BCUT2D eigenvalue weighted by Gasteiger charge is 2.22. The molecule has 24 heavy (non-hydrogen) atoms. The Morgan fingerprint density at radius 2 is 2.04 bits per heavy atom. The minimum absolute atomic E-state index is 0. The Bertz CT molecular complexity index is 647. The van der Waals surface area contributed by atoms with E-state index >= 15 is 0 Å². The normalized spacial score (nSPS) is 19.1. The highest BCUT2D eigenvalue weighted by atomic mass is 127. The fourth-order valence-corrected chi connectivity index (χ4v) is 3.47. The summed E-state index contributed by atoms with van der Waals surface area (Å²) in [6.45, 7) is 5.65. The molecule has 0 bridgehead atoms. The van der Waals surface area contributed by atoms with E-state index in [1.807, 2.05) is 0 Å². The second-order valence-corrected chi connectivity index (χ2v) is 7.94. The summed E-state index contributed by atoms with van der Waals surface area (Å²) in [5, 5.41) is 3.18. The molecule has 1 heterocycles. The van der Waals surface area contributed by atoms with E-state index in [9.17, 15) is 8.42 Å². The third-order valence-corrected chi connectivity index (χ3v) is 5.34. The molecular formula is C16H27IN4O2S. The number of halogens is 1. The molecule has 1 aromatic rings. The maximum Gasteiger partial charge on any atom is 0.188 e. The van der Waals surface area contributed by atoms with Crippen LogP contribution in [0.15, 0.2) is 34.2 Å². The second kappa shape index (κ2) is 9.57. The summed E-state index contributed by atoms with van der Waals surface area (Å²) in [5.41, 5.74) is 6.84. The van der Waals surface area contributed by atoms with Gasteiger partial charge in [0.2, 0.25) is 0 Å². The lowest BCUT2D eigenvalue weighted by Gasteiger charge is -2.23. The van der Waals surface area contributed by atoms with Crippen LogP contribution in [0.2, 0.25) is 0 Å². The van der Waals surface area contributed by atoms with Crippen molar-refractivity contribution in [1.82, 2.24) is 10.2 Å². The highest BCUT2D eigenvalue weighted by Crippen LogP contribution is 2.15. The minimum atomic E-state index is -3.15. The van der Waals surface area contributed by atoms with Gasteiger partial charge in [0.05, 0.1) is 11.4 Å². The summed E-state index contributed by atoms with van der Waals surface area (Å²) in [5.74, 6) is 0.431. The standard InChI is InChI=1S/C16H26N4O2S.HI/c1-3-20-10-4-5-14(20)12-19-16(17)18-11-13-6-8-15(9-7-13)23(2,21)22;/h6-9,14H,3-5,10-12H2,1-2H3,(H3,17,18,19);1H. The van der Waals surface area contributed by atoms with Crippen molar-refractivity contribution in [3.8, 4) is 0 Å². The Morgan fingerprint density at radius 1 is 1.38 bits per heavy atom. The number of guanidine groups is 1. The van der Waals surface area contributed by atoms with E-state index in [2.05, 4.69) is 22.1 Å². The average molecular weight is 466 g/mol. The highest BCUT2D eigenvalue weighted by molar-refractivity contribution is 14.0. The first kappa shape index (κ1) is 21.2. The van der Waals surface area contributed by atoms with Gasteiger partial charge in [-0.25, -0.2) is 13.4 Å². The molecule has 1 aliphatic heterocycles. The molecular weight excluding hydrogens is 439 g/mol. The molecule has 1 atom stereocenters. The topological polar surface area (TPSA) is 87.8 Å². The van der Waals surface area contributed by atoms with Crippen LogP contribution < -0.4 is 11.1 Å². The quantitative estimate of drug-likeness (QED) is 0.378. The lowest BCUT2D eigenvalue weighted by Crippen LogP contribution is -2.42. The number of likely N-dealkylation sites (N-methyl/N-ethyl adjacent to an activating group) is 1. The van der Waals surface area contributed by atoms with Crippen LogP contribution in [0, 0.1) is 0 Å². The lowest BCUT2D eigenvalue weighted by molar-refractivity contribution is 0.267. The number of sulfone groups is 1. The van der Waals surface area contributed by atoms with Gasteiger partial charge in [-0.15, -0.1) is 24.0 Å². The van der Waals surface area contributed by atoms with E-state index in [0.29, 0.717) is 23.4 Å². The molecule has 1 unspecified atom stereocenters. The maximum atomic E-state index is 11.4. The fraction of sp³-hybridized carbons (Fsp3) is 0.562. The van der Waals surface area contributed by atoms with Gasteiger partial charge in [0.1, 0.15) is 0 Å². The summed E-state index contributed by atoms with van der Waals surface area (Å²) in [7, 11) is -3.15. The molecule has 1 saturated heterocycles. The molecule has 1 fully saturated rings. The van der Waals surface area contributed by atoms with E-state index in [1.165, 1.54) is 19.1 Å². The number of likely N-dealkylation sites (tertiary alicyclic amines) is 1. The van der Waals surface area contributed by atoms with Crippen molar-refractivity contribution in [2.24, 2.45) is 10.7 Å². The van der Waals surface area contributed by atoms with Crippen molar-refractivity contribution in [3.05, 3.63) is 29.8 Å². The molecule has 2 rings (SSSR count). The second-order valence-electron chi connectivity index (χ2n) is 5.92. The van der Waals surface area contributed by atoms with E-state index in [-0.39, 0.29) is 24.0 Å². The van der Waals surface area contributed by atoms with Crippen molar-refractivity contribution >= 4 is 39.8 Å². The average Bonchev–Trinajstić information content (AvgIpc) is 2.98. The Balaban J connectivity index is 0.00000288. The van der Waals surface area contributed by atoms with Gasteiger partial charge in [-0.05, 0) is 43.6 Å². The maximum absolute atomic E-state index is 11.4. The molecule has 0 aliphatic carbocycles. The Labute approximate surface area is 161 Å². The number of aliphatic imine (C=N–C) groups is 1. The molecule has 1 aromatic carbocycles. The molecule has 0 saturated carbocycles. The molecule has 0 aromatic heterocycles. The molecule has 8 heteroatoms. The summed E-state index contributed by atoms with van der Waals surface area (Å²) in [6, 6.07) is 7.26. The molecule has 0 spiro atoms. The van der Waals surface area contributed by atoms with Crippen LogP contribution in [0.4, 0.5) is 0 Å². The van der Waals surface area contributed by atoms with Crippen molar-refractivity contribution in [2.45, 2.75) is 37.2 Å². The zero-order chi connectivity index (χ0) is 16.9. The molecule has 0 radical (unpaired) electrons. The van der Waals surface area contributed by atoms with Gasteiger partial charge in [-0.3, -0.25) is 4.90 Å². The van der Waals surface area contributed by atoms with Crippen LogP contribution in [0.3, 0.4) is 0 Å².